The van der Waals surface area contributed by atoms with E-state index in [9.17, 15) is 35.8 Å². The van der Waals surface area contributed by atoms with Crippen LogP contribution in [0.15, 0.2) is 81.4 Å². The Morgan fingerprint density at radius 1 is 0.875 bits per heavy atom. The van der Waals surface area contributed by atoms with Crippen LogP contribution in [-0.4, -0.2) is 49.8 Å². The van der Waals surface area contributed by atoms with Crippen molar-refractivity contribution < 1.29 is 35.8 Å². The normalized spacial score (nSPS) is 17.8. The number of nitrogens with zero attached hydrogens (tertiary/aromatic N) is 1. The minimum Gasteiger partial charge on any atom is -0.871 e. The number of carbonyl (C=O) groups excluding carboxylic acids is 1. The molecule has 0 fully saturated rings. The van der Waals surface area contributed by atoms with Crippen molar-refractivity contribution >= 4 is 71.0 Å². The van der Waals surface area contributed by atoms with Gasteiger partial charge in [0, 0.05) is 43.7 Å². The van der Waals surface area contributed by atoms with Gasteiger partial charge in [0.05, 0.1) is 31.0 Å². The minimum atomic E-state index is -4.38. The Hall–Kier alpha value is -2.94. The van der Waals surface area contributed by atoms with Crippen molar-refractivity contribution in [2.24, 2.45) is 0 Å². The fourth-order valence-corrected chi connectivity index (χ4v) is 7.97. The number of allylic oxidation sites excluding steroid dienone is 3. The van der Waals surface area contributed by atoms with E-state index in [4.69, 9.17) is 0 Å². The second kappa shape index (κ2) is 11.1. The zero-order chi connectivity index (χ0) is 28.7. The maximum Gasteiger partial charge on any atom is 0.191 e. The molecular formula is C27H22NO8S4-3. The van der Waals surface area contributed by atoms with Gasteiger partial charge in [-0.25, -0.2) is 16.8 Å². The highest BCUT2D eigenvalue weighted by Gasteiger charge is 2.30. The van der Waals surface area contributed by atoms with E-state index in [-0.39, 0.29) is 30.5 Å². The van der Waals surface area contributed by atoms with E-state index in [2.05, 4.69) is 0 Å². The number of thiophene rings is 1. The van der Waals surface area contributed by atoms with Crippen LogP contribution in [0.1, 0.15) is 23.3 Å². The van der Waals surface area contributed by atoms with Crippen LogP contribution in [0, 0.1) is 0 Å². The first-order chi connectivity index (χ1) is 18.9. The summed E-state index contributed by atoms with van der Waals surface area (Å²) in [6, 6.07) is 14.9. The summed E-state index contributed by atoms with van der Waals surface area (Å²) in [7, 11) is -8.74. The molecule has 3 aromatic rings. The van der Waals surface area contributed by atoms with Crippen molar-refractivity contribution in [1.29, 1.82) is 0 Å². The van der Waals surface area contributed by atoms with Gasteiger partial charge in [-0.3, -0.25) is 4.79 Å². The van der Waals surface area contributed by atoms with Crippen LogP contribution in [0.2, 0.25) is 0 Å². The third-order valence-corrected chi connectivity index (χ3v) is 10.3. The molecule has 0 bridgehead atoms. The first-order valence-corrected chi connectivity index (χ1v) is 17.0. The Bertz CT molecular complexity index is 1820. The van der Waals surface area contributed by atoms with Crippen molar-refractivity contribution in [1.82, 2.24) is 0 Å². The lowest BCUT2D eigenvalue weighted by Crippen LogP contribution is -2.30. The Morgan fingerprint density at radius 3 is 2.27 bits per heavy atom. The second-order valence-corrected chi connectivity index (χ2v) is 14.4. The Morgan fingerprint density at radius 2 is 1.55 bits per heavy atom. The van der Waals surface area contributed by atoms with Crippen LogP contribution >= 0.6 is 23.1 Å². The van der Waals surface area contributed by atoms with Crippen LogP contribution in [0.3, 0.4) is 0 Å². The molecule has 1 aliphatic carbocycles. The van der Waals surface area contributed by atoms with E-state index in [1.165, 1.54) is 35.3 Å². The predicted octanol–water partition coefficient (Wildman–Crippen LogP) is 3.35. The lowest BCUT2D eigenvalue weighted by molar-refractivity contribution is -0.300. The highest BCUT2D eigenvalue weighted by Crippen LogP contribution is 2.47. The first kappa shape index (κ1) is 28.6. The average molecular weight is 617 g/mol. The molecule has 0 unspecified atom stereocenters. The van der Waals surface area contributed by atoms with Gasteiger partial charge < -0.3 is 19.1 Å². The number of ketones is 1. The van der Waals surface area contributed by atoms with Crippen molar-refractivity contribution in [3.8, 4) is 0 Å². The van der Waals surface area contributed by atoms with Crippen molar-refractivity contribution in [3.05, 3.63) is 87.0 Å². The fraction of sp³-hybridized carbons (Fsp3) is 0.222. The van der Waals surface area contributed by atoms with Gasteiger partial charge in [-0.1, -0.05) is 47.9 Å². The molecule has 0 spiro atoms. The summed E-state index contributed by atoms with van der Waals surface area (Å²) >= 11 is 2.73. The highest BCUT2D eigenvalue weighted by atomic mass is 32.2. The number of aryl methyl sites for hydroxylation is 1. The Balaban J connectivity index is 1.44. The number of carbonyl (C=O) groups is 1. The summed E-state index contributed by atoms with van der Waals surface area (Å²) in [5.41, 5.74) is 1.60. The number of rotatable bonds is 10. The minimum absolute atomic E-state index is 0.00288. The van der Waals surface area contributed by atoms with Crippen molar-refractivity contribution in [2.75, 3.05) is 23.0 Å². The third-order valence-electron chi connectivity index (χ3n) is 6.49. The number of benzene rings is 2. The number of anilines is 1. The standard InChI is InChI=1S/C27H25NO8S4/c29-26-19(15-24-18(8-5-13-39(31,32)33)17-7-1-3-10-22(17)37-24)27(30)20(26)16-25-28(12-6-14-40(34,35)36)21-9-2-4-11-23(21)38-25/h1-4,7,9-11,15-16,29H,5-6,8,12-14H2,(H,31,32,33)(H,34,35,36)/p-3/b19-15?,25-16-. The molecule has 0 saturated carbocycles. The smallest absolute Gasteiger partial charge is 0.191 e. The summed E-state index contributed by atoms with van der Waals surface area (Å²) in [4.78, 5) is 16.5. The van der Waals surface area contributed by atoms with Gasteiger partial charge in [0.1, 0.15) is 0 Å². The van der Waals surface area contributed by atoms with E-state index in [1.54, 1.807) is 4.90 Å². The Kier molecular flexibility index (Phi) is 7.97. The Labute approximate surface area is 240 Å². The SMILES string of the molecule is O=C1C(=Cc2sc3ccccc3c2CCCS(=O)(=O)[O-])C([O-])=C1/C=C1\Sc2ccccc2N1CCCS(=O)(=O)[O-]. The van der Waals surface area contributed by atoms with Gasteiger partial charge in [0.15, 0.2) is 5.78 Å². The number of Topliss-reactive ketones (excluding diaryl/α,β-unsaturated/α-hetero) is 1. The molecule has 0 atom stereocenters. The number of hydrogen-bond acceptors (Lipinski definition) is 11. The van der Waals surface area contributed by atoms with Gasteiger partial charge >= 0.3 is 0 Å². The third kappa shape index (κ3) is 6.19. The molecule has 13 heteroatoms. The quantitative estimate of drug-likeness (QED) is 0.244. The predicted molar refractivity (Wildman–Crippen MR) is 152 cm³/mol. The van der Waals surface area contributed by atoms with Gasteiger partial charge in [-0.05, 0) is 60.6 Å². The molecule has 40 heavy (non-hydrogen) atoms. The lowest BCUT2D eigenvalue weighted by Gasteiger charge is -2.30. The molecule has 2 aliphatic rings. The molecule has 0 N–H and O–H groups in total. The highest BCUT2D eigenvalue weighted by molar-refractivity contribution is 8.03. The zero-order valence-corrected chi connectivity index (χ0v) is 24.1. The average Bonchev–Trinajstić information content (AvgIpc) is 3.42. The largest absolute Gasteiger partial charge is 0.871 e. The molecule has 1 aliphatic heterocycles. The number of para-hydroxylation sites is 1. The number of hydrogen-bond donors (Lipinski definition) is 0. The topological polar surface area (TPSA) is 158 Å². The van der Waals surface area contributed by atoms with Crippen LogP contribution in [0.4, 0.5) is 5.69 Å². The molecule has 5 rings (SSSR count). The maximum absolute atomic E-state index is 13.1. The first-order valence-electron chi connectivity index (χ1n) is 12.2. The van der Waals surface area contributed by atoms with E-state index < -0.39 is 43.3 Å². The van der Waals surface area contributed by atoms with Gasteiger partial charge in [0.25, 0.3) is 0 Å². The molecule has 2 aromatic carbocycles. The summed E-state index contributed by atoms with van der Waals surface area (Å²) in [6.45, 7) is 0.222. The molecule has 210 valence electrons. The van der Waals surface area contributed by atoms with E-state index in [0.717, 1.165) is 26.2 Å². The summed E-state index contributed by atoms with van der Waals surface area (Å²) in [6.07, 6.45) is 3.55. The van der Waals surface area contributed by atoms with Gasteiger partial charge in [-0.2, -0.15) is 0 Å². The van der Waals surface area contributed by atoms with Crippen LogP contribution < -0.4 is 10.0 Å². The summed E-state index contributed by atoms with van der Waals surface area (Å²) in [5, 5.41) is 14.6. The molecule has 2 heterocycles. The van der Waals surface area contributed by atoms with Crippen LogP contribution in [0.25, 0.3) is 16.2 Å². The van der Waals surface area contributed by atoms with Gasteiger partial charge in [0.2, 0.25) is 0 Å². The van der Waals surface area contributed by atoms with Gasteiger partial charge in [-0.15, -0.1) is 11.3 Å². The summed E-state index contributed by atoms with van der Waals surface area (Å²) < 4.78 is 67.5. The number of thioether (sulfide) groups is 1. The molecule has 0 amide bonds. The van der Waals surface area contributed by atoms with Crippen LogP contribution in [-0.2, 0) is 31.5 Å². The lowest BCUT2D eigenvalue weighted by atomic mass is 9.87. The van der Waals surface area contributed by atoms with Crippen LogP contribution in [0.5, 0.6) is 0 Å². The fourth-order valence-electron chi connectivity index (χ4n) is 4.66. The van der Waals surface area contributed by atoms with E-state index in [0.29, 0.717) is 16.3 Å². The maximum atomic E-state index is 13.1. The molecule has 1 aromatic heterocycles. The van der Waals surface area contributed by atoms with E-state index >= 15 is 0 Å². The van der Waals surface area contributed by atoms with Crippen molar-refractivity contribution in [3.63, 3.8) is 0 Å². The molecule has 0 saturated heterocycles. The second-order valence-electron chi connectivity index (χ2n) is 9.26. The zero-order valence-electron chi connectivity index (χ0n) is 20.9. The van der Waals surface area contributed by atoms with Crippen molar-refractivity contribution in [2.45, 2.75) is 24.2 Å². The van der Waals surface area contributed by atoms with E-state index in [1.807, 2.05) is 48.5 Å². The molecule has 9 nitrogen and oxygen atoms in total. The summed E-state index contributed by atoms with van der Waals surface area (Å²) in [5.74, 6) is -1.89. The monoisotopic (exact) mass is 616 g/mol. The number of fused-ring (bicyclic) bond motifs is 2. The molecular weight excluding hydrogens is 595 g/mol. The molecule has 0 radical (unpaired) electrons.